The van der Waals surface area contributed by atoms with Crippen LogP contribution in [0.5, 0.6) is 0 Å². The second-order valence-corrected chi connectivity index (χ2v) is 6.11. The van der Waals surface area contributed by atoms with Crippen molar-refractivity contribution in [3.63, 3.8) is 0 Å². The monoisotopic (exact) mass is 347 g/mol. The molecule has 0 aliphatic heterocycles. The summed E-state index contributed by atoms with van der Waals surface area (Å²) in [7, 11) is 0. The van der Waals surface area contributed by atoms with Crippen molar-refractivity contribution >= 4 is 0 Å². The smallest absolute Gasteiger partial charge is 0.163 e. The fourth-order valence-electron chi connectivity index (χ4n) is 3.00. The van der Waals surface area contributed by atoms with Crippen molar-refractivity contribution in [3.05, 3.63) is 72.1 Å². The van der Waals surface area contributed by atoms with E-state index in [2.05, 4.69) is 20.1 Å². The molecule has 1 aromatic carbocycles. The Balaban J connectivity index is 2.13. The van der Waals surface area contributed by atoms with Crippen LogP contribution in [0.1, 0.15) is 31.0 Å². The first-order chi connectivity index (χ1) is 11.9. The lowest BCUT2D eigenvalue weighted by Crippen LogP contribution is -2.36. The van der Waals surface area contributed by atoms with Crippen molar-refractivity contribution in [3.8, 4) is 0 Å². The molecule has 25 heavy (non-hydrogen) atoms. The Labute approximate surface area is 142 Å². The predicted octanol–water partition coefficient (Wildman–Crippen LogP) is 3.25. The lowest BCUT2D eigenvalue weighted by molar-refractivity contribution is 0.300. The maximum atomic E-state index is 14.5. The number of benzene rings is 1. The first-order valence-electron chi connectivity index (χ1n) is 7.65. The predicted molar refractivity (Wildman–Crippen MR) is 84.1 cm³/mol. The van der Waals surface area contributed by atoms with Gasteiger partial charge in [-0.05, 0) is 11.6 Å². The molecule has 0 fully saturated rings. The largest absolute Gasteiger partial charge is 0.252 e. The van der Waals surface area contributed by atoms with Crippen LogP contribution >= 0.6 is 0 Å². The lowest BCUT2D eigenvalue weighted by atomic mass is 9.70. The summed E-state index contributed by atoms with van der Waals surface area (Å²) >= 11 is 0. The van der Waals surface area contributed by atoms with Gasteiger partial charge >= 0.3 is 0 Å². The number of aromatic nitrogens is 5. The molecule has 5 nitrogen and oxygen atoms in total. The number of rotatable bonds is 5. The van der Waals surface area contributed by atoms with Crippen LogP contribution in [0.25, 0.3) is 0 Å². The molecule has 3 rings (SSSR count). The zero-order valence-corrected chi connectivity index (χ0v) is 13.7. The van der Waals surface area contributed by atoms with Gasteiger partial charge in [-0.2, -0.15) is 5.10 Å². The Bertz CT molecular complexity index is 868. The van der Waals surface area contributed by atoms with E-state index in [1.54, 1.807) is 13.8 Å². The number of nitrogens with zero attached hydrogens (tertiary/aromatic N) is 5. The molecule has 0 amide bonds. The van der Waals surface area contributed by atoms with Gasteiger partial charge in [0.2, 0.25) is 0 Å². The van der Waals surface area contributed by atoms with E-state index in [4.69, 9.17) is 0 Å². The second-order valence-electron chi connectivity index (χ2n) is 6.11. The summed E-state index contributed by atoms with van der Waals surface area (Å²) in [6.07, 6.45) is 5.15. The van der Waals surface area contributed by atoms with Gasteiger partial charge in [0.05, 0.1) is 18.4 Å². The zero-order chi connectivity index (χ0) is 18.0. The number of hydrogen-bond donors (Lipinski definition) is 0. The van der Waals surface area contributed by atoms with Gasteiger partial charge in [0.25, 0.3) is 0 Å². The molecule has 0 saturated heterocycles. The summed E-state index contributed by atoms with van der Waals surface area (Å²) in [4.78, 5) is 11.6. The topological polar surface area (TPSA) is 56.5 Å². The summed E-state index contributed by atoms with van der Waals surface area (Å²) < 4.78 is 43.6. The maximum Gasteiger partial charge on any atom is 0.163 e. The van der Waals surface area contributed by atoms with Crippen LogP contribution < -0.4 is 0 Å². The summed E-state index contributed by atoms with van der Waals surface area (Å²) in [6.45, 7) is 3.71. The Kier molecular flexibility index (Phi) is 4.52. The summed E-state index contributed by atoms with van der Waals surface area (Å²) in [5.74, 6) is -2.50. The van der Waals surface area contributed by atoms with Gasteiger partial charge in [-0.25, -0.2) is 28.1 Å². The third kappa shape index (κ3) is 3.24. The Hall–Kier alpha value is -2.77. The molecule has 0 radical (unpaired) electrons. The molecular weight excluding hydrogens is 331 g/mol. The number of hydrogen-bond acceptors (Lipinski definition) is 4. The van der Waals surface area contributed by atoms with E-state index in [0.717, 1.165) is 12.3 Å². The molecular formula is C17H16F3N5. The van der Waals surface area contributed by atoms with E-state index < -0.39 is 28.8 Å². The quantitative estimate of drug-likeness (QED) is 0.711. The van der Waals surface area contributed by atoms with Gasteiger partial charge in [-0.3, -0.25) is 4.68 Å². The van der Waals surface area contributed by atoms with Crippen molar-refractivity contribution in [2.45, 2.75) is 31.7 Å². The van der Waals surface area contributed by atoms with Crippen molar-refractivity contribution in [1.82, 2.24) is 24.7 Å². The van der Waals surface area contributed by atoms with Crippen LogP contribution in [-0.2, 0) is 12.0 Å². The van der Waals surface area contributed by atoms with Crippen LogP contribution in [0.2, 0.25) is 0 Å². The molecule has 130 valence electrons. The fraction of sp³-hybridized carbons (Fsp3) is 0.294. The molecule has 2 atom stereocenters. The Morgan fingerprint density at radius 1 is 1.12 bits per heavy atom. The molecule has 0 saturated carbocycles. The SMILES string of the molecule is C[C@@H](c1ncncc1F)[C@](C)(Cn1cncn1)c1ccc(F)cc1F. The highest BCUT2D eigenvalue weighted by Crippen LogP contribution is 2.41. The van der Waals surface area contributed by atoms with Crippen LogP contribution in [0, 0.1) is 17.5 Å². The zero-order valence-electron chi connectivity index (χ0n) is 13.7. The highest BCUT2D eigenvalue weighted by molar-refractivity contribution is 5.32. The fourth-order valence-corrected chi connectivity index (χ4v) is 3.00. The highest BCUT2D eigenvalue weighted by Gasteiger charge is 2.39. The molecule has 8 heteroatoms. The van der Waals surface area contributed by atoms with Gasteiger partial charge in [-0.1, -0.05) is 19.9 Å². The van der Waals surface area contributed by atoms with E-state index >= 15 is 0 Å². The molecule has 0 unspecified atom stereocenters. The molecule has 0 aliphatic rings. The summed E-state index contributed by atoms with van der Waals surface area (Å²) in [5.41, 5.74) is -0.558. The van der Waals surface area contributed by atoms with Gasteiger partial charge in [0.1, 0.15) is 30.6 Å². The van der Waals surface area contributed by atoms with Gasteiger partial charge in [0.15, 0.2) is 5.82 Å². The number of halogens is 3. The average molecular weight is 347 g/mol. The molecule has 0 bridgehead atoms. The van der Waals surface area contributed by atoms with Crippen LogP contribution in [0.4, 0.5) is 13.2 Å². The van der Waals surface area contributed by atoms with Crippen molar-refractivity contribution in [1.29, 1.82) is 0 Å². The third-order valence-electron chi connectivity index (χ3n) is 4.57. The maximum absolute atomic E-state index is 14.5. The molecule has 2 heterocycles. The van der Waals surface area contributed by atoms with Crippen molar-refractivity contribution in [2.24, 2.45) is 0 Å². The molecule has 0 N–H and O–H groups in total. The minimum absolute atomic E-state index is 0.154. The van der Waals surface area contributed by atoms with E-state index in [0.29, 0.717) is 0 Å². The van der Waals surface area contributed by atoms with E-state index in [1.165, 1.54) is 35.8 Å². The Morgan fingerprint density at radius 2 is 1.92 bits per heavy atom. The van der Waals surface area contributed by atoms with Crippen molar-refractivity contribution < 1.29 is 13.2 Å². The normalized spacial score (nSPS) is 14.9. The highest BCUT2D eigenvalue weighted by atomic mass is 19.1. The Morgan fingerprint density at radius 3 is 2.56 bits per heavy atom. The van der Waals surface area contributed by atoms with Crippen LogP contribution in [-0.4, -0.2) is 24.7 Å². The van der Waals surface area contributed by atoms with Gasteiger partial charge < -0.3 is 0 Å². The lowest BCUT2D eigenvalue weighted by Gasteiger charge is -2.36. The standard InChI is InChI=1S/C17H16F3N5/c1-11(16-15(20)6-21-8-23-16)17(2,7-25-10-22-9-24-25)13-4-3-12(18)5-14(13)19/h3-6,8-11H,7H2,1-2H3/t11-,17-/m0/s1. The molecule has 0 spiro atoms. The van der Waals surface area contributed by atoms with E-state index in [-0.39, 0.29) is 17.8 Å². The summed E-state index contributed by atoms with van der Waals surface area (Å²) in [6, 6.07) is 3.37. The second kappa shape index (κ2) is 6.62. The summed E-state index contributed by atoms with van der Waals surface area (Å²) in [5, 5.41) is 4.05. The minimum atomic E-state index is -0.958. The molecule has 0 aliphatic carbocycles. The van der Waals surface area contributed by atoms with Gasteiger partial charge in [0, 0.05) is 17.4 Å². The average Bonchev–Trinajstić information content (AvgIpc) is 3.07. The minimum Gasteiger partial charge on any atom is -0.252 e. The van der Waals surface area contributed by atoms with E-state index in [1.807, 2.05) is 0 Å². The first kappa shape index (κ1) is 17.1. The molecule has 3 aromatic rings. The van der Waals surface area contributed by atoms with Gasteiger partial charge in [-0.15, -0.1) is 0 Å². The first-order valence-corrected chi connectivity index (χ1v) is 7.65. The molecule has 2 aromatic heterocycles. The van der Waals surface area contributed by atoms with Crippen molar-refractivity contribution in [2.75, 3.05) is 0 Å². The van der Waals surface area contributed by atoms with E-state index in [9.17, 15) is 13.2 Å². The van der Waals surface area contributed by atoms with Crippen LogP contribution in [0.15, 0.2) is 43.4 Å². The van der Waals surface area contributed by atoms with Crippen LogP contribution in [0.3, 0.4) is 0 Å². The third-order valence-corrected chi connectivity index (χ3v) is 4.57.